The molecule has 13 heteroatoms. The van der Waals surface area contributed by atoms with Crippen LogP contribution in [0.1, 0.15) is 30.6 Å². The predicted octanol–water partition coefficient (Wildman–Crippen LogP) is 3.19. The standard InChI is InChI=1S/C24H26N4O7S2/c1-15-10-16(2)13-26(12-15)37(33,34)19-7-4-17(5-8-19)23(30)25-24-27(14-22(29)35-3)20-11-18(28(31)32)6-9-21(20)36-24/h4-9,11,15-16H,10,12-14H2,1-3H3. The van der Waals surface area contributed by atoms with Crippen LogP contribution in [0.2, 0.25) is 0 Å². The highest BCUT2D eigenvalue weighted by Crippen LogP contribution is 2.27. The number of nitro benzene ring substituents is 1. The lowest BCUT2D eigenvalue weighted by Gasteiger charge is -2.34. The molecule has 37 heavy (non-hydrogen) atoms. The number of rotatable bonds is 6. The number of benzene rings is 2. The smallest absolute Gasteiger partial charge is 0.325 e. The summed E-state index contributed by atoms with van der Waals surface area (Å²) in [7, 11) is -2.49. The monoisotopic (exact) mass is 546 g/mol. The topological polar surface area (TPSA) is 141 Å². The minimum atomic E-state index is -3.70. The van der Waals surface area contributed by atoms with E-state index in [2.05, 4.69) is 4.99 Å². The number of methoxy groups -OCH3 is 1. The van der Waals surface area contributed by atoms with Crippen molar-refractivity contribution < 1.29 is 27.7 Å². The van der Waals surface area contributed by atoms with Gasteiger partial charge in [-0.3, -0.25) is 19.7 Å². The number of nitrogens with zero attached hydrogens (tertiary/aromatic N) is 4. The van der Waals surface area contributed by atoms with E-state index >= 15 is 0 Å². The van der Waals surface area contributed by atoms with Crippen molar-refractivity contribution >= 4 is 49.1 Å². The van der Waals surface area contributed by atoms with Crippen molar-refractivity contribution in [2.75, 3.05) is 20.2 Å². The first kappa shape index (κ1) is 26.6. The number of fused-ring (bicyclic) bond motifs is 1. The van der Waals surface area contributed by atoms with Gasteiger partial charge in [-0.1, -0.05) is 25.2 Å². The molecule has 2 heterocycles. The lowest BCUT2D eigenvalue weighted by Crippen LogP contribution is -2.42. The number of sulfonamides is 1. The highest BCUT2D eigenvalue weighted by molar-refractivity contribution is 7.89. The van der Waals surface area contributed by atoms with Gasteiger partial charge in [-0.25, -0.2) is 8.42 Å². The Balaban J connectivity index is 1.67. The summed E-state index contributed by atoms with van der Waals surface area (Å²) in [5.41, 5.74) is 0.353. The number of piperidine rings is 1. The second kappa shape index (κ2) is 10.5. The second-order valence-corrected chi connectivity index (χ2v) is 12.1. The van der Waals surface area contributed by atoms with Gasteiger partial charge in [-0.2, -0.15) is 9.30 Å². The second-order valence-electron chi connectivity index (χ2n) is 9.17. The average molecular weight is 547 g/mol. The van der Waals surface area contributed by atoms with Crippen molar-refractivity contribution in [2.24, 2.45) is 16.8 Å². The maximum atomic E-state index is 13.1. The van der Waals surface area contributed by atoms with Crippen LogP contribution in [0.5, 0.6) is 0 Å². The van der Waals surface area contributed by atoms with Gasteiger partial charge in [0.15, 0.2) is 4.80 Å². The number of thiazole rings is 1. The van der Waals surface area contributed by atoms with E-state index in [-0.39, 0.29) is 39.3 Å². The van der Waals surface area contributed by atoms with E-state index in [1.165, 1.54) is 58.4 Å². The third kappa shape index (κ3) is 5.63. The van der Waals surface area contributed by atoms with Gasteiger partial charge in [-0.15, -0.1) is 0 Å². The van der Waals surface area contributed by atoms with Crippen LogP contribution in [0, 0.1) is 22.0 Å². The number of hydrogen-bond acceptors (Lipinski definition) is 8. The summed E-state index contributed by atoms with van der Waals surface area (Å²) >= 11 is 1.09. The molecule has 0 radical (unpaired) electrons. The maximum Gasteiger partial charge on any atom is 0.325 e. The first-order chi connectivity index (χ1) is 17.5. The van der Waals surface area contributed by atoms with Crippen molar-refractivity contribution in [2.45, 2.75) is 31.7 Å². The summed E-state index contributed by atoms with van der Waals surface area (Å²) in [5.74, 6) is -0.741. The van der Waals surface area contributed by atoms with Gasteiger partial charge >= 0.3 is 5.97 Å². The Morgan fingerprint density at radius 3 is 2.38 bits per heavy atom. The quantitative estimate of drug-likeness (QED) is 0.263. The molecule has 1 saturated heterocycles. The molecule has 4 rings (SSSR count). The van der Waals surface area contributed by atoms with Gasteiger partial charge in [0, 0.05) is 30.8 Å². The predicted molar refractivity (Wildman–Crippen MR) is 137 cm³/mol. The molecule has 0 spiro atoms. The molecule has 2 atom stereocenters. The van der Waals surface area contributed by atoms with Gasteiger partial charge in [0.05, 0.1) is 27.1 Å². The molecule has 2 aromatic carbocycles. The van der Waals surface area contributed by atoms with Crippen LogP contribution in [-0.2, 0) is 26.1 Å². The van der Waals surface area contributed by atoms with E-state index < -0.39 is 26.8 Å². The first-order valence-corrected chi connectivity index (χ1v) is 13.8. The molecule has 0 N–H and O–H groups in total. The summed E-state index contributed by atoms with van der Waals surface area (Å²) < 4.78 is 34.4. The molecule has 196 valence electrons. The zero-order valence-corrected chi connectivity index (χ0v) is 22.1. The number of nitro groups is 1. The Morgan fingerprint density at radius 1 is 1.14 bits per heavy atom. The first-order valence-electron chi connectivity index (χ1n) is 11.5. The lowest BCUT2D eigenvalue weighted by atomic mass is 9.94. The number of carbonyl (C=O) groups is 2. The Bertz CT molecular complexity index is 1530. The number of hydrogen-bond donors (Lipinski definition) is 0. The Labute approximate surface area is 217 Å². The number of ether oxygens (including phenoxy) is 1. The molecule has 11 nitrogen and oxygen atoms in total. The summed E-state index contributed by atoms with van der Waals surface area (Å²) in [5, 5.41) is 11.2. The fourth-order valence-electron chi connectivity index (χ4n) is 4.47. The van der Waals surface area contributed by atoms with E-state index in [1.807, 2.05) is 13.8 Å². The minimum absolute atomic E-state index is 0.0975. The van der Waals surface area contributed by atoms with E-state index in [0.29, 0.717) is 23.3 Å². The van der Waals surface area contributed by atoms with Crippen molar-refractivity contribution in [3.63, 3.8) is 0 Å². The van der Waals surface area contributed by atoms with Crippen LogP contribution in [0.3, 0.4) is 0 Å². The van der Waals surface area contributed by atoms with Gasteiger partial charge < -0.3 is 9.30 Å². The van der Waals surface area contributed by atoms with Crippen molar-refractivity contribution in [3.8, 4) is 0 Å². The summed E-state index contributed by atoms with van der Waals surface area (Å²) in [4.78, 5) is 40.0. The van der Waals surface area contributed by atoms with Crippen LogP contribution in [0.4, 0.5) is 5.69 Å². The lowest BCUT2D eigenvalue weighted by molar-refractivity contribution is -0.384. The zero-order chi connectivity index (χ0) is 26.9. The molecule has 1 aliphatic heterocycles. The number of carbonyl (C=O) groups excluding carboxylic acids is 2. The van der Waals surface area contributed by atoms with Crippen molar-refractivity contribution in [1.82, 2.24) is 8.87 Å². The van der Waals surface area contributed by atoms with Crippen molar-refractivity contribution in [3.05, 3.63) is 62.9 Å². The molecule has 1 aromatic heterocycles. The van der Waals surface area contributed by atoms with Gasteiger partial charge in [-0.05, 0) is 48.6 Å². The van der Waals surface area contributed by atoms with Crippen LogP contribution >= 0.6 is 11.3 Å². The molecule has 3 aromatic rings. The van der Waals surface area contributed by atoms with E-state index in [4.69, 9.17) is 4.74 Å². The third-order valence-corrected chi connectivity index (χ3v) is 9.07. The fraction of sp³-hybridized carbons (Fsp3) is 0.375. The van der Waals surface area contributed by atoms with Gasteiger partial charge in [0.25, 0.3) is 11.6 Å². The molecule has 0 aliphatic carbocycles. The Kier molecular flexibility index (Phi) is 7.57. The van der Waals surface area contributed by atoms with Crippen LogP contribution < -0.4 is 4.80 Å². The van der Waals surface area contributed by atoms with E-state index in [9.17, 15) is 28.1 Å². The van der Waals surface area contributed by atoms with Crippen LogP contribution in [0.15, 0.2) is 52.4 Å². The molecule has 2 unspecified atom stereocenters. The molecule has 0 saturated carbocycles. The highest BCUT2D eigenvalue weighted by Gasteiger charge is 2.31. The van der Waals surface area contributed by atoms with Gasteiger partial charge in [0.2, 0.25) is 10.0 Å². The fourth-order valence-corrected chi connectivity index (χ4v) is 7.16. The SMILES string of the molecule is COC(=O)Cn1c(=NC(=O)c2ccc(S(=O)(=O)N3CC(C)CC(C)C3)cc2)sc2ccc([N+](=O)[O-])cc21. The molecular weight excluding hydrogens is 520 g/mol. The largest absolute Gasteiger partial charge is 0.468 e. The average Bonchev–Trinajstić information content (AvgIpc) is 3.19. The maximum absolute atomic E-state index is 13.1. The summed E-state index contributed by atoms with van der Waals surface area (Å²) in [6, 6.07) is 9.74. The third-order valence-electron chi connectivity index (χ3n) is 6.16. The van der Waals surface area contributed by atoms with Crippen LogP contribution in [-0.4, -0.2) is 54.3 Å². The Morgan fingerprint density at radius 2 is 1.78 bits per heavy atom. The number of aromatic nitrogens is 1. The van der Waals surface area contributed by atoms with Crippen molar-refractivity contribution in [1.29, 1.82) is 0 Å². The van der Waals surface area contributed by atoms with E-state index in [1.54, 1.807) is 0 Å². The number of esters is 1. The van der Waals surface area contributed by atoms with Gasteiger partial charge in [0.1, 0.15) is 6.54 Å². The Hall–Kier alpha value is -3.42. The molecule has 0 bridgehead atoms. The van der Waals surface area contributed by atoms with Crippen LogP contribution in [0.25, 0.3) is 10.2 Å². The number of non-ortho nitro benzene ring substituents is 1. The molecule has 1 amide bonds. The summed E-state index contributed by atoms with van der Waals surface area (Å²) in [6.45, 7) is 4.66. The number of amides is 1. The highest BCUT2D eigenvalue weighted by atomic mass is 32.2. The molecular formula is C24H26N4O7S2. The molecule has 1 aliphatic rings. The van der Waals surface area contributed by atoms with E-state index in [0.717, 1.165) is 17.8 Å². The normalized spacial score (nSPS) is 19.2. The summed E-state index contributed by atoms with van der Waals surface area (Å²) in [6.07, 6.45) is 0.974. The minimum Gasteiger partial charge on any atom is -0.468 e. The zero-order valence-electron chi connectivity index (χ0n) is 20.5. The molecule has 1 fully saturated rings.